The minimum atomic E-state index is -0.177. The molecule has 0 aliphatic carbocycles. The van der Waals surface area contributed by atoms with Crippen molar-refractivity contribution in [2.24, 2.45) is 5.10 Å². The van der Waals surface area contributed by atoms with Crippen LogP contribution in [-0.2, 0) is 16.0 Å². The molecule has 6 heteroatoms. The van der Waals surface area contributed by atoms with Crippen molar-refractivity contribution in [3.63, 3.8) is 0 Å². The lowest BCUT2D eigenvalue weighted by Crippen LogP contribution is -2.44. The molecule has 0 unspecified atom stereocenters. The van der Waals surface area contributed by atoms with Gasteiger partial charge < -0.3 is 10.2 Å². The third-order valence-electron chi connectivity index (χ3n) is 4.48. The Balaban J connectivity index is 1.58. The van der Waals surface area contributed by atoms with E-state index in [1.54, 1.807) is 7.05 Å². The molecule has 1 aromatic rings. The number of hydrazone groups is 1. The first-order valence-corrected chi connectivity index (χ1v) is 8.03. The van der Waals surface area contributed by atoms with Gasteiger partial charge in [-0.1, -0.05) is 18.2 Å². The molecule has 2 aliphatic rings. The Kier molecular flexibility index (Phi) is 4.32. The third-order valence-corrected chi connectivity index (χ3v) is 4.48. The molecular formula is C17H22N4O2. The van der Waals surface area contributed by atoms with Crippen LogP contribution in [0, 0.1) is 0 Å². The van der Waals surface area contributed by atoms with Crippen LogP contribution in [-0.4, -0.2) is 48.7 Å². The summed E-state index contributed by atoms with van der Waals surface area (Å²) in [4.78, 5) is 25.9. The Morgan fingerprint density at radius 3 is 2.87 bits per heavy atom. The van der Waals surface area contributed by atoms with Gasteiger partial charge in [0, 0.05) is 44.7 Å². The van der Waals surface area contributed by atoms with E-state index in [0.717, 1.165) is 13.0 Å². The minimum Gasteiger partial charge on any atom is -0.366 e. The van der Waals surface area contributed by atoms with E-state index in [2.05, 4.69) is 40.4 Å². The number of nitrogens with one attached hydrogen (secondary N) is 1. The maximum atomic E-state index is 12.2. The number of benzene rings is 1. The van der Waals surface area contributed by atoms with Crippen molar-refractivity contribution in [3.05, 3.63) is 29.8 Å². The van der Waals surface area contributed by atoms with E-state index >= 15 is 0 Å². The number of carbonyl (C=O) groups excluding carboxylic acids is 2. The fourth-order valence-electron chi connectivity index (χ4n) is 3.11. The highest BCUT2D eigenvalue weighted by Crippen LogP contribution is 2.28. The van der Waals surface area contributed by atoms with Gasteiger partial charge in [-0.05, 0) is 25.0 Å². The van der Waals surface area contributed by atoms with Crippen molar-refractivity contribution in [1.29, 1.82) is 0 Å². The second-order valence-corrected chi connectivity index (χ2v) is 6.10. The first-order chi connectivity index (χ1) is 11.1. The van der Waals surface area contributed by atoms with E-state index in [1.807, 2.05) is 6.07 Å². The number of hydrogen-bond acceptors (Lipinski definition) is 4. The molecule has 2 amide bonds. The fraction of sp³-hybridized carbons (Fsp3) is 0.471. The zero-order valence-corrected chi connectivity index (χ0v) is 13.6. The molecule has 1 N–H and O–H groups in total. The summed E-state index contributed by atoms with van der Waals surface area (Å²) in [6, 6.07) is 8.61. The molecule has 1 aromatic carbocycles. The van der Waals surface area contributed by atoms with E-state index in [-0.39, 0.29) is 17.9 Å². The van der Waals surface area contributed by atoms with E-state index in [4.69, 9.17) is 0 Å². The molecule has 2 heterocycles. The Labute approximate surface area is 136 Å². The Hall–Kier alpha value is -2.37. The van der Waals surface area contributed by atoms with Gasteiger partial charge >= 0.3 is 0 Å². The second kappa shape index (κ2) is 6.40. The molecule has 0 bridgehead atoms. The predicted octanol–water partition coefficient (Wildman–Crippen LogP) is 1.16. The molecule has 1 atom stereocenters. The van der Waals surface area contributed by atoms with Gasteiger partial charge in [0.2, 0.25) is 5.91 Å². The minimum absolute atomic E-state index is 0.0522. The molecule has 2 aliphatic heterocycles. The molecule has 0 aromatic heterocycles. The van der Waals surface area contributed by atoms with Gasteiger partial charge in [0.05, 0.1) is 0 Å². The van der Waals surface area contributed by atoms with Crippen LogP contribution in [0.4, 0.5) is 5.69 Å². The average molecular weight is 314 g/mol. The number of carbonyl (C=O) groups is 2. The van der Waals surface area contributed by atoms with Gasteiger partial charge in [-0.15, -0.1) is 0 Å². The Bertz CT molecular complexity index is 656. The standard InChI is InChI=1S/C17H22N4O2/c1-12(21-10-9-13-5-3-4-6-15(13)21)11-18-17(23)14-7-8-16(22)20(2)19-14/h3-6,12H,7-11H2,1-2H3,(H,18,23)/t12-/m1/s1. The molecule has 6 nitrogen and oxygen atoms in total. The molecule has 0 fully saturated rings. The number of anilines is 1. The van der Waals surface area contributed by atoms with E-state index in [9.17, 15) is 9.59 Å². The van der Waals surface area contributed by atoms with Gasteiger partial charge in [0.15, 0.2) is 0 Å². The molecule has 23 heavy (non-hydrogen) atoms. The number of para-hydroxylation sites is 1. The van der Waals surface area contributed by atoms with E-state index in [0.29, 0.717) is 25.1 Å². The average Bonchev–Trinajstić information content (AvgIpc) is 2.99. The maximum Gasteiger partial charge on any atom is 0.267 e. The molecule has 0 radical (unpaired) electrons. The number of fused-ring (bicyclic) bond motifs is 1. The number of rotatable bonds is 4. The molecule has 0 saturated heterocycles. The van der Waals surface area contributed by atoms with Crippen LogP contribution in [0.5, 0.6) is 0 Å². The highest BCUT2D eigenvalue weighted by molar-refractivity contribution is 6.39. The SMILES string of the molecule is C[C@H](CNC(=O)C1=NN(C)C(=O)CC1)N1CCc2ccccc21. The normalized spacial score (nSPS) is 18.5. The van der Waals surface area contributed by atoms with Crippen LogP contribution in [0.1, 0.15) is 25.3 Å². The van der Waals surface area contributed by atoms with Gasteiger partial charge in [0.1, 0.15) is 5.71 Å². The quantitative estimate of drug-likeness (QED) is 0.907. The number of hydrogen-bond donors (Lipinski definition) is 1. The monoisotopic (exact) mass is 314 g/mol. The second-order valence-electron chi connectivity index (χ2n) is 6.10. The number of nitrogens with zero attached hydrogens (tertiary/aromatic N) is 3. The van der Waals surface area contributed by atoms with Crippen LogP contribution in [0.3, 0.4) is 0 Å². The summed E-state index contributed by atoms with van der Waals surface area (Å²) in [6.07, 6.45) is 1.81. The maximum absolute atomic E-state index is 12.2. The predicted molar refractivity (Wildman–Crippen MR) is 89.4 cm³/mol. The Morgan fingerprint density at radius 1 is 1.30 bits per heavy atom. The molecule has 122 valence electrons. The molecule has 0 saturated carbocycles. The first kappa shape index (κ1) is 15.5. The lowest BCUT2D eigenvalue weighted by Gasteiger charge is -2.28. The topological polar surface area (TPSA) is 65.0 Å². The van der Waals surface area contributed by atoms with Crippen molar-refractivity contribution in [1.82, 2.24) is 10.3 Å². The largest absolute Gasteiger partial charge is 0.366 e. The van der Waals surface area contributed by atoms with Gasteiger partial charge in [-0.3, -0.25) is 9.59 Å². The summed E-state index contributed by atoms with van der Waals surface area (Å²) in [5.41, 5.74) is 3.05. The smallest absolute Gasteiger partial charge is 0.267 e. The van der Waals surface area contributed by atoms with Crippen molar-refractivity contribution in [3.8, 4) is 0 Å². The fourth-order valence-corrected chi connectivity index (χ4v) is 3.11. The summed E-state index contributed by atoms with van der Waals surface area (Å²) < 4.78 is 0. The van der Waals surface area contributed by atoms with Crippen molar-refractivity contribution < 1.29 is 9.59 Å². The highest BCUT2D eigenvalue weighted by Gasteiger charge is 2.25. The van der Waals surface area contributed by atoms with Crippen LogP contribution >= 0.6 is 0 Å². The van der Waals surface area contributed by atoms with Crippen molar-refractivity contribution in [2.45, 2.75) is 32.2 Å². The van der Waals surface area contributed by atoms with E-state index < -0.39 is 0 Å². The summed E-state index contributed by atoms with van der Waals surface area (Å²) in [5.74, 6) is -0.229. The van der Waals surface area contributed by atoms with Crippen molar-refractivity contribution >= 4 is 23.2 Å². The molecule has 3 rings (SSSR count). The zero-order valence-electron chi connectivity index (χ0n) is 13.6. The zero-order chi connectivity index (χ0) is 16.4. The number of amides is 2. The van der Waals surface area contributed by atoms with Crippen LogP contribution in [0.15, 0.2) is 29.4 Å². The summed E-state index contributed by atoms with van der Waals surface area (Å²) >= 11 is 0. The van der Waals surface area contributed by atoms with Crippen LogP contribution in [0.2, 0.25) is 0 Å². The van der Waals surface area contributed by atoms with Gasteiger partial charge in [-0.2, -0.15) is 5.10 Å². The summed E-state index contributed by atoms with van der Waals surface area (Å²) in [6.45, 7) is 3.65. The van der Waals surface area contributed by atoms with Crippen LogP contribution in [0.25, 0.3) is 0 Å². The highest BCUT2D eigenvalue weighted by atomic mass is 16.2. The lowest BCUT2D eigenvalue weighted by molar-refractivity contribution is -0.130. The Morgan fingerprint density at radius 2 is 2.09 bits per heavy atom. The summed E-state index contributed by atoms with van der Waals surface area (Å²) in [5, 5.41) is 8.24. The van der Waals surface area contributed by atoms with Crippen LogP contribution < -0.4 is 10.2 Å². The lowest BCUT2D eigenvalue weighted by atomic mass is 10.1. The van der Waals surface area contributed by atoms with E-state index in [1.165, 1.54) is 16.3 Å². The molecule has 0 spiro atoms. The third kappa shape index (κ3) is 3.21. The molecular weight excluding hydrogens is 292 g/mol. The van der Waals surface area contributed by atoms with Crippen molar-refractivity contribution in [2.75, 3.05) is 25.0 Å². The van der Waals surface area contributed by atoms with Gasteiger partial charge in [0.25, 0.3) is 5.91 Å². The first-order valence-electron chi connectivity index (χ1n) is 8.03. The summed E-state index contributed by atoms with van der Waals surface area (Å²) in [7, 11) is 1.58. The van der Waals surface area contributed by atoms with Gasteiger partial charge in [-0.25, -0.2) is 5.01 Å².